The van der Waals surface area contributed by atoms with Crippen LogP contribution in [-0.4, -0.2) is 87.4 Å². The number of Topliss-reactive ketones (excluding diaryl/α,β-unsaturated/α-hetero) is 1. The van der Waals surface area contributed by atoms with Crippen LogP contribution < -0.4 is 20.5 Å². The van der Waals surface area contributed by atoms with Gasteiger partial charge in [0.1, 0.15) is 11.8 Å². The molecule has 37 heavy (non-hydrogen) atoms. The number of rotatable bonds is 7. The number of cyclic esters (lactones) is 1. The van der Waals surface area contributed by atoms with E-state index in [9.17, 15) is 23.2 Å². The predicted molar refractivity (Wildman–Crippen MR) is 124 cm³/mol. The highest BCUT2D eigenvalue weighted by Gasteiger charge is 2.34. The van der Waals surface area contributed by atoms with Crippen molar-refractivity contribution in [3.8, 4) is 0 Å². The molecule has 2 N–H and O–H groups in total. The van der Waals surface area contributed by atoms with E-state index < -0.39 is 42.5 Å². The minimum atomic E-state index is -3.11. The van der Waals surface area contributed by atoms with E-state index in [1.54, 1.807) is 0 Å². The maximum Gasteiger partial charge on any atom is 0.414 e. The Morgan fingerprint density at radius 1 is 1.11 bits per heavy atom. The van der Waals surface area contributed by atoms with Crippen molar-refractivity contribution in [1.82, 2.24) is 15.8 Å². The molecule has 1 aromatic rings. The summed E-state index contributed by atoms with van der Waals surface area (Å²) in [7, 11) is 0. The molecule has 1 atom stereocenters. The molecule has 4 rings (SSSR count). The van der Waals surface area contributed by atoms with Crippen LogP contribution >= 0.6 is 0 Å². The average molecular weight is 532 g/mol. The molecule has 0 saturated carbocycles. The number of carbonyl (C=O) groups is 3. The molecule has 3 aliphatic heterocycles. The zero-order valence-corrected chi connectivity index (χ0v) is 20.1. The molecule has 1 aromatic carbocycles. The number of halogens is 4. The molecule has 0 radical (unpaired) electrons. The first-order valence-electron chi connectivity index (χ1n) is 12.1. The molecule has 14 heteroatoms. The molecule has 3 heterocycles. The van der Waals surface area contributed by atoms with Gasteiger partial charge in [-0.05, 0) is 19.3 Å². The van der Waals surface area contributed by atoms with E-state index in [1.165, 1.54) is 9.91 Å². The van der Waals surface area contributed by atoms with E-state index in [2.05, 4.69) is 10.7 Å². The van der Waals surface area contributed by atoms with E-state index >= 15 is 8.78 Å². The highest BCUT2D eigenvalue weighted by molar-refractivity contribution is 5.90. The molecule has 0 aliphatic carbocycles. The highest BCUT2D eigenvalue weighted by atomic mass is 19.3. The number of hydrogen-bond donors (Lipinski definition) is 2. The quantitative estimate of drug-likeness (QED) is 0.521. The molecule has 3 aliphatic rings. The number of urea groups is 1. The van der Waals surface area contributed by atoms with Gasteiger partial charge in [0.2, 0.25) is 0 Å². The van der Waals surface area contributed by atoms with E-state index in [4.69, 9.17) is 9.47 Å². The summed E-state index contributed by atoms with van der Waals surface area (Å²) in [6.45, 7) is 1.85. The third-order valence-electron chi connectivity index (χ3n) is 6.53. The number of nitrogens with one attached hydrogen (secondary N) is 2. The second-order valence-electron chi connectivity index (χ2n) is 9.06. The number of amides is 3. The second-order valence-corrected chi connectivity index (χ2v) is 9.06. The highest BCUT2D eigenvalue weighted by Crippen LogP contribution is 2.32. The van der Waals surface area contributed by atoms with Gasteiger partial charge in [0.05, 0.1) is 18.8 Å². The normalized spacial score (nSPS) is 21.3. The van der Waals surface area contributed by atoms with Gasteiger partial charge < -0.3 is 19.7 Å². The summed E-state index contributed by atoms with van der Waals surface area (Å²) < 4.78 is 65.3. The van der Waals surface area contributed by atoms with Crippen LogP contribution in [0.1, 0.15) is 25.7 Å². The first-order chi connectivity index (χ1) is 17.7. The number of hydrogen-bond acceptors (Lipinski definition) is 7. The Kier molecular flexibility index (Phi) is 8.69. The fraction of sp³-hybridized carbons (Fsp3) is 0.609. The number of ketones is 1. The summed E-state index contributed by atoms with van der Waals surface area (Å²) in [6, 6.07) is 1.69. The third kappa shape index (κ3) is 6.60. The van der Waals surface area contributed by atoms with Crippen LogP contribution in [0, 0.1) is 11.6 Å². The molecule has 0 bridgehead atoms. The van der Waals surface area contributed by atoms with Crippen LogP contribution in [-0.2, 0) is 14.3 Å². The Morgan fingerprint density at radius 2 is 1.81 bits per heavy atom. The topological polar surface area (TPSA) is 103 Å². The number of benzene rings is 1. The summed E-state index contributed by atoms with van der Waals surface area (Å²) in [4.78, 5) is 38.4. The van der Waals surface area contributed by atoms with Crippen LogP contribution in [0.25, 0.3) is 0 Å². The Balaban J connectivity index is 1.37. The summed E-state index contributed by atoms with van der Waals surface area (Å²) >= 11 is 0. The zero-order chi connectivity index (χ0) is 26.5. The molecule has 3 saturated heterocycles. The lowest BCUT2D eigenvalue weighted by Gasteiger charge is -2.28. The fourth-order valence-electron chi connectivity index (χ4n) is 4.53. The number of carbonyl (C=O) groups excluding carboxylic acids is 3. The Bertz CT molecular complexity index is 987. The van der Waals surface area contributed by atoms with Gasteiger partial charge in [-0.25, -0.2) is 32.6 Å². The lowest BCUT2D eigenvalue weighted by atomic mass is 10.1. The SMILES string of the molecule is O=C(CC[C@H]1CN(c2cc(F)c(N3CCNN(C(=O)NC4CCOCC4)CC3)c(F)c2)C(=O)O1)C(F)F. The standard InChI is InChI=1S/C23H29F4N5O5/c24-17-11-15(31-13-16(37-23(31)35)1-2-19(33)21(26)27)12-18(25)20(17)30-6-5-28-32(8-7-30)22(34)29-14-3-9-36-10-4-14/h11-12,14,16,21,28H,1-10,13H2,(H,29,34)/t16-/m0/s1. The first-order valence-corrected chi connectivity index (χ1v) is 12.1. The maximum atomic E-state index is 15.1. The fourth-order valence-corrected chi connectivity index (χ4v) is 4.53. The van der Waals surface area contributed by atoms with Gasteiger partial charge in [0.25, 0.3) is 6.43 Å². The lowest BCUT2D eigenvalue weighted by molar-refractivity contribution is -0.129. The van der Waals surface area contributed by atoms with Gasteiger partial charge in [-0.15, -0.1) is 0 Å². The van der Waals surface area contributed by atoms with Gasteiger partial charge in [-0.3, -0.25) is 14.7 Å². The summed E-state index contributed by atoms with van der Waals surface area (Å²) in [5.74, 6) is -3.07. The maximum absolute atomic E-state index is 15.1. The van der Waals surface area contributed by atoms with Crippen molar-refractivity contribution < 1.29 is 41.4 Å². The molecule has 0 unspecified atom stereocenters. The average Bonchev–Trinajstić information content (AvgIpc) is 3.07. The van der Waals surface area contributed by atoms with Gasteiger partial charge in [0, 0.05) is 57.4 Å². The van der Waals surface area contributed by atoms with Gasteiger partial charge >= 0.3 is 12.1 Å². The van der Waals surface area contributed by atoms with Crippen molar-refractivity contribution in [2.45, 2.75) is 44.3 Å². The predicted octanol–water partition coefficient (Wildman–Crippen LogP) is 2.42. The summed E-state index contributed by atoms with van der Waals surface area (Å²) in [5.41, 5.74) is 2.59. The van der Waals surface area contributed by atoms with Crippen LogP contribution in [0.5, 0.6) is 0 Å². The zero-order valence-electron chi connectivity index (χ0n) is 20.1. The largest absolute Gasteiger partial charge is 0.444 e. The van der Waals surface area contributed by atoms with E-state index in [0.717, 1.165) is 17.0 Å². The molecule has 3 amide bonds. The lowest BCUT2D eigenvalue weighted by Crippen LogP contribution is -2.52. The molecule has 204 valence electrons. The molecule has 3 fully saturated rings. The molecule has 0 spiro atoms. The minimum Gasteiger partial charge on any atom is -0.444 e. The van der Waals surface area contributed by atoms with Crippen molar-refractivity contribution in [3.05, 3.63) is 23.8 Å². The van der Waals surface area contributed by atoms with Crippen LogP contribution in [0.3, 0.4) is 0 Å². The monoisotopic (exact) mass is 531 g/mol. The molecular formula is C23H29F4N5O5. The smallest absolute Gasteiger partial charge is 0.414 e. The number of anilines is 2. The number of nitrogens with zero attached hydrogens (tertiary/aromatic N) is 3. The van der Waals surface area contributed by atoms with Gasteiger partial charge in [0.15, 0.2) is 17.4 Å². The Morgan fingerprint density at radius 3 is 2.49 bits per heavy atom. The molecule has 10 nitrogen and oxygen atoms in total. The Labute approximate surface area is 210 Å². The van der Waals surface area contributed by atoms with Crippen molar-refractivity contribution in [1.29, 1.82) is 0 Å². The third-order valence-corrected chi connectivity index (χ3v) is 6.53. The second kappa shape index (κ2) is 11.9. The Hall–Kier alpha value is -3.13. The van der Waals surface area contributed by atoms with Crippen molar-refractivity contribution in [3.63, 3.8) is 0 Å². The molecular weight excluding hydrogens is 502 g/mol. The number of ether oxygens (including phenoxy) is 2. The number of hydrazine groups is 1. The van der Waals surface area contributed by atoms with Gasteiger partial charge in [-0.2, -0.15) is 0 Å². The minimum absolute atomic E-state index is 0.00603. The van der Waals surface area contributed by atoms with Crippen LogP contribution in [0.15, 0.2) is 12.1 Å². The van der Waals surface area contributed by atoms with Crippen molar-refractivity contribution in [2.24, 2.45) is 0 Å². The van der Waals surface area contributed by atoms with Crippen LogP contribution in [0.4, 0.5) is 38.5 Å². The van der Waals surface area contributed by atoms with Crippen molar-refractivity contribution in [2.75, 3.05) is 55.7 Å². The summed E-state index contributed by atoms with van der Waals surface area (Å²) in [5, 5.41) is 4.32. The van der Waals surface area contributed by atoms with E-state index in [-0.39, 0.29) is 62.6 Å². The summed E-state index contributed by atoms with van der Waals surface area (Å²) in [6.07, 6.45) is -4.00. The van der Waals surface area contributed by atoms with E-state index in [0.29, 0.717) is 26.1 Å². The first kappa shape index (κ1) is 26.9. The number of alkyl halides is 2. The van der Waals surface area contributed by atoms with E-state index in [1.807, 2.05) is 0 Å². The van der Waals surface area contributed by atoms with Crippen LogP contribution in [0.2, 0.25) is 0 Å². The molecule has 0 aromatic heterocycles. The van der Waals surface area contributed by atoms with Gasteiger partial charge in [-0.1, -0.05) is 0 Å². The van der Waals surface area contributed by atoms with Crippen molar-refractivity contribution >= 4 is 29.3 Å².